The molecule has 0 bridgehead atoms. The van der Waals surface area contributed by atoms with E-state index in [-0.39, 0.29) is 5.91 Å². The Morgan fingerprint density at radius 1 is 1.39 bits per heavy atom. The number of hydrogen-bond acceptors (Lipinski definition) is 4. The highest BCUT2D eigenvalue weighted by molar-refractivity contribution is 5.73. The van der Waals surface area contributed by atoms with Gasteiger partial charge in [0.25, 0.3) is 0 Å². The number of piperidine rings is 1. The Hall–Kier alpha value is -2.24. The van der Waals surface area contributed by atoms with Crippen LogP contribution in [0.1, 0.15) is 32.4 Å². The van der Waals surface area contributed by atoms with Crippen molar-refractivity contribution >= 4 is 5.91 Å². The van der Waals surface area contributed by atoms with Crippen LogP contribution in [0, 0.1) is 5.92 Å². The molecule has 6 nitrogen and oxygen atoms in total. The summed E-state index contributed by atoms with van der Waals surface area (Å²) in [6, 6.07) is 1.97. The summed E-state index contributed by atoms with van der Waals surface area (Å²) in [5.41, 5.74) is 2.85. The zero-order chi connectivity index (χ0) is 16.2. The number of carbonyl (C=O) groups is 1. The van der Waals surface area contributed by atoms with Crippen LogP contribution >= 0.6 is 0 Å². The number of hydrogen-bond donors (Lipinski definition) is 0. The molecule has 0 radical (unpaired) electrons. The molecule has 1 aliphatic rings. The predicted molar refractivity (Wildman–Crippen MR) is 87.6 cm³/mol. The lowest BCUT2D eigenvalue weighted by molar-refractivity contribution is -0.130. The van der Waals surface area contributed by atoms with Gasteiger partial charge in [-0.05, 0) is 38.2 Å². The van der Waals surface area contributed by atoms with E-state index in [1.54, 1.807) is 19.3 Å². The standard InChI is InChI=1S/C17H23N5O/c1-3-22-17(6-7-19-22)16-11-18-10-15(20-16)9-14-5-4-8-21(12-14)13(2)23/h6-7,10-11,14H,3-5,8-9,12H2,1-2H3/t14-/m1/s1. The monoisotopic (exact) mass is 313 g/mol. The molecule has 23 heavy (non-hydrogen) atoms. The van der Waals surface area contributed by atoms with E-state index >= 15 is 0 Å². The fraction of sp³-hybridized carbons (Fsp3) is 0.529. The van der Waals surface area contributed by atoms with Gasteiger partial charge >= 0.3 is 0 Å². The minimum Gasteiger partial charge on any atom is -0.343 e. The fourth-order valence-corrected chi connectivity index (χ4v) is 3.24. The summed E-state index contributed by atoms with van der Waals surface area (Å²) >= 11 is 0. The highest BCUT2D eigenvalue weighted by Gasteiger charge is 2.22. The van der Waals surface area contributed by atoms with Gasteiger partial charge < -0.3 is 4.90 Å². The second-order valence-electron chi connectivity index (χ2n) is 6.11. The maximum Gasteiger partial charge on any atom is 0.219 e. The molecule has 0 N–H and O–H groups in total. The maximum atomic E-state index is 11.6. The zero-order valence-electron chi connectivity index (χ0n) is 13.8. The van der Waals surface area contributed by atoms with Gasteiger partial charge in [-0.25, -0.2) is 4.98 Å². The predicted octanol–water partition coefficient (Wildman–Crippen LogP) is 2.16. The third kappa shape index (κ3) is 3.57. The second kappa shape index (κ2) is 6.89. The molecule has 1 amide bonds. The number of carbonyl (C=O) groups excluding carboxylic acids is 1. The molecular formula is C17H23N5O. The molecule has 0 aliphatic carbocycles. The van der Waals surface area contributed by atoms with Crippen molar-refractivity contribution in [3.63, 3.8) is 0 Å². The number of aryl methyl sites for hydroxylation is 1. The molecule has 0 aromatic carbocycles. The van der Waals surface area contributed by atoms with Crippen molar-refractivity contribution in [1.29, 1.82) is 0 Å². The topological polar surface area (TPSA) is 63.9 Å². The first kappa shape index (κ1) is 15.6. The summed E-state index contributed by atoms with van der Waals surface area (Å²) in [7, 11) is 0. The molecule has 1 fully saturated rings. The molecule has 2 aromatic rings. The van der Waals surface area contributed by atoms with Gasteiger partial charge in [0.1, 0.15) is 5.69 Å². The normalized spacial score (nSPS) is 18.2. The second-order valence-corrected chi connectivity index (χ2v) is 6.11. The Kier molecular flexibility index (Phi) is 4.69. The SMILES string of the molecule is CCn1nccc1-c1cncc(C[C@H]2CCCN(C(C)=O)C2)n1. The number of amides is 1. The van der Waals surface area contributed by atoms with Crippen LogP contribution in [0.2, 0.25) is 0 Å². The number of aromatic nitrogens is 4. The minimum absolute atomic E-state index is 0.168. The number of nitrogens with zero attached hydrogens (tertiary/aromatic N) is 5. The Morgan fingerprint density at radius 3 is 3.04 bits per heavy atom. The Labute approximate surface area is 136 Å². The van der Waals surface area contributed by atoms with Crippen molar-refractivity contribution < 1.29 is 4.79 Å². The smallest absolute Gasteiger partial charge is 0.219 e. The quantitative estimate of drug-likeness (QED) is 0.867. The molecular weight excluding hydrogens is 290 g/mol. The molecule has 0 unspecified atom stereocenters. The van der Waals surface area contributed by atoms with Crippen molar-refractivity contribution in [2.45, 2.75) is 39.7 Å². The van der Waals surface area contributed by atoms with Crippen molar-refractivity contribution in [1.82, 2.24) is 24.6 Å². The first-order valence-electron chi connectivity index (χ1n) is 8.26. The van der Waals surface area contributed by atoms with Crippen molar-refractivity contribution in [3.05, 3.63) is 30.4 Å². The van der Waals surface area contributed by atoms with Crippen molar-refractivity contribution in [2.75, 3.05) is 13.1 Å². The summed E-state index contributed by atoms with van der Waals surface area (Å²) in [6.45, 7) is 6.23. The lowest BCUT2D eigenvalue weighted by atomic mass is 9.93. The van der Waals surface area contributed by atoms with Crippen LogP contribution in [0.15, 0.2) is 24.7 Å². The van der Waals surface area contributed by atoms with Gasteiger partial charge in [-0.15, -0.1) is 0 Å². The van der Waals surface area contributed by atoms with E-state index in [1.807, 2.05) is 21.8 Å². The molecule has 3 heterocycles. The highest BCUT2D eigenvalue weighted by Crippen LogP contribution is 2.22. The lowest BCUT2D eigenvalue weighted by Gasteiger charge is -2.31. The van der Waals surface area contributed by atoms with Crippen LogP contribution in [0.25, 0.3) is 11.4 Å². The van der Waals surface area contributed by atoms with E-state index in [0.717, 1.165) is 56.0 Å². The molecule has 3 rings (SSSR count). The summed E-state index contributed by atoms with van der Waals surface area (Å²) in [6.07, 6.45) is 8.49. The average Bonchev–Trinajstić information content (AvgIpc) is 3.04. The van der Waals surface area contributed by atoms with Gasteiger partial charge in [0, 0.05) is 39.0 Å². The zero-order valence-corrected chi connectivity index (χ0v) is 13.8. The number of rotatable bonds is 4. The van der Waals surface area contributed by atoms with Crippen LogP contribution in [-0.2, 0) is 17.8 Å². The van der Waals surface area contributed by atoms with Crippen molar-refractivity contribution in [2.24, 2.45) is 5.92 Å². The molecule has 6 heteroatoms. The van der Waals surface area contributed by atoms with Gasteiger partial charge in [0.15, 0.2) is 0 Å². The first-order chi connectivity index (χ1) is 11.2. The molecule has 2 aromatic heterocycles. The third-order valence-electron chi connectivity index (χ3n) is 4.43. The summed E-state index contributed by atoms with van der Waals surface area (Å²) in [5, 5.41) is 4.29. The summed E-state index contributed by atoms with van der Waals surface area (Å²) < 4.78 is 1.92. The largest absolute Gasteiger partial charge is 0.343 e. The van der Waals surface area contributed by atoms with Crippen LogP contribution < -0.4 is 0 Å². The Bertz CT molecular complexity index is 681. The summed E-state index contributed by atoms with van der Waals surface area (Å²) in [4.78, 5) is 22.6. The van der Waals surface area contributed by atoms with Crippen molar-refractivity contribution in [3.8, 4) is 11.4 Å². The van der Waals surface area contributed by atoms with Gasteiger partial charge in [-0.1, -0.05) is 0 Å². The molecule has 0 spiro atoms. The van der Waals surface area contributed by atoms with E-state index in [1.165, 1.54) is 0 Å². The van der Waals surface area contributed by atoms with Crippen LogP contribution in [0.3, 0.4) is 0 Å². The average molecular weight is 313 g/mol. The van der Waals surface area contributed by atoms with Gasteiger partial charge in [-0.3, -0.25) is 14.5 Å². The molecule has 122 valence electrons. The molecule has 0 saturated carbocycles. The first-order valence-corrected chi connectivity index (χ1v) is 8.26. The van der Waals surface area contributed by atoms with Crippen LogP contribution in [0.4, 0.5) is 0 Å². The Balaban J connectivity index is 1.74. The lowest BCUT2D eigenvalue weighted by Crippen LogP contribution is -2.39. The molecule has 1 aliphatic heterocycles. The Morgan fingerprint density at radius 2 is 2.26 bits per heavy atom. The maximum absolute atomic E-state index is 11.6. The van der Waals surface area contributed by atoms with Gasteiger partial charge in [0.2, 0.25) is 5.91 Å². The minimum atomic E-state index is 0.168. The van der Waals surface area contributed by atoms with Crippen LogP contribution in [-0.4, -0.2) is 43.6 Å². The molecule has 1 atom stereocenters. The number of likely N-dealkylation sites (tertiary alicyclic amines) is 1. The third-order valence-corrected chi connectivity index (χ3v) is 4.43. The van der Waals surface area contributed by atoms with E-state index in [9.17, 15) is 4.79 Å². The van der Waals surface area contributed by atoms with Gasteiger partial charge in [-0.2, -0.15) is 5.10 Å². The molecule has 1 saturated heterocycles. The van der Waals surface area contributed by atoms with E-state index < -0.39 is 0 Å². The van der Waals surface area contributed by atoms with E-state index in [2.05, 4.69) is 17.0 Å². The van der Waals surface area contributed by atoms with E-state index in [4.69, 9.17) is 4.98 Å². The highest BCUT2D eigenvalue weighted by atomic mass is 16.2. The van der Waals surface area contributed by atoms with Gasteiger partial charge in [0.05, 0.1) is 17.6 Å². The summed E-state index contributed by atoms with van der Waals surface area (Å²) in [5.74, 6) is 0.634. The van der Waals surface area contributed by atoms with Crippen LogP contribution in [0.5, 0.6) is 0 Å². The fourth-order valence-electron chi connectivity index (χ4n) is 3.24. The van der Waals surface area contributed by atoms with E-state index in [0.29, 0.717) is 5.92 Å².